The Morgan fingerprint density at radius 1 is 1.33 bits per heavy atom. The van der Waals surface area contributed by atoms with E-state index in [0.717, 1.165) is 12.8 Å². The first-order valence-corrected chi connectivity index (χ1v) is 4.58. The van der Waals surface area contributed by atoms with E-state index in [1.54, 1.807) is 0 Å². The molecule has 0 aromatic carbocycles. The molecule has 0 unspecified atom stereocenters. The second-order valence-electron chi connectivity index (χ2n) is 2.35. The van der Waals surface area contributed by atoms with Crippen molar-refractivity contribution < 1.29 is 14.3 Å². The standard InChI is InChI=1S/C8H15ClO3/c1-3-5-11-7(9)8(10)12-6-4-2/h7H,3-6H2,1-2H3/t7-/m1/s1. The molecule has 0 aromatic heterocycles. The average Bonchev–Trinajstić information content (AvgIpc) is 2.10. The topological polar surface area (TPSA) is 35.5 Å². The molecule has 0 saturated carbocycles. The van der Waals surface area contributed by atoms with Crippen molar-refractivity contribution in [2.75, 3.05) is 13.2 Å². The largest absolute Gasteiger partial charge is 0.463 e. The third-order valence-electron chi connectivity index (χ3n) is 1.10. The lowest BCUT2D eigenvalue weighted by Gasteiger charge is -2.09. The summed E-state index contributed by atoms with van der Waals surface area (Å²) in [6, 6.07) is 0. The van der Waals surface area contributed by atoms with Gasteiger partial charge in [0.15, 0.2) is 0 Å². The molecule has 72 valence electrons. The molecule has 0 rings (SSSR count). The number of carbonyl (C=O) groups is 1. The lowest BCUT2D eigenvalue weighted by molar-refractivity contribution is -0.151. The van der Waals surface area contributed by atoms with Gasteiger partial charge in [0.05, 0.1) is 6.61 Å². The van der Waals surface area contributed by atoms with Crippen LogP contribution in [0.1, 0.15) is 26.7 Å². The minimum absolute atomic E-state index is 0.400. The maximum atomic E-state index is 10.9. The van der Waals surface area contributed by atoms with Crippen molar-refractivity contribution in [3.05, 3.63) is 0 Å². The zero-order chi connectivity index (χ0) is 9.40. The number of alkyl halides is 1. The van der Waals surface area contributed by atoms with Gasteiger partial charge in [0.1, 0.15) is 0 Å². The van der Waals surface area contributed by atoms with Gasteiger partial charge in [-0.1, -0.05) is 25.4 Å². The Labute approximate surface area is 78.0 Å². The van der Waals surface area contributed by atoms with Crippen LogP contribution in [0.5, 0.6) is 0 Å². The van der Waals surface area contributed by atoms with E-state index in [9.17, 15) is 4.79 Å². The first-order chi connectivity index (χ1) is 5.72. The predicted octanol–water partition coefficient (Wildman–Crippen LogP) is 1.93. The molecule has 12 heavy (non-hydrogen) atoms. The fourth-order valence-corrected chi connectivity index (χ4v) is 0.710. The van der Waals surface area contributed by atoms with E-state index in [4.69, 9.17) is 21.1 Å². The van der Waals surface area contributed by atoms with Gasteiger partial charge in [-0.2, -0.15) is 0 Å². The minimum atomic E-state index is -0.948. The van der Waals surface area contributed by atoms with Crippen molar-refractivity contribution in [1.29, 1.82) is 0 Å². The molecule has 0 fully saturated rings. The summed E-state index contributed by atoms with van der Waals surface area (Å²) in [5, 5.41) is 0. The van der Waals surface area contributed by atoms with E-state index in [0.29, 0.717) is 13.2 Å². The van der Waals surface area contributed by atoms with Crippen molar-refractivity contribution in [2.45, 2.75) is 32.3 Å². The monoisotopic (exact) mass is 194 g/mol. The van der Waals surface area contributed by atoms with Crippen molar-refractivity contribution in [3.63, 3.8) is 0 Å². The Kier molecular flexibility index (Phi) is 7.20. The quantitative estimate of drug-likeness (QED) is 0.479. The Balaban J connectivity index is 3.47. The number of ether oxygens (including phenoxy) is 2. The molecule has 0 aliphatic carbocycles. The maximum absolute atomic E-state index is 10.9. The summed E-state index contributed by atoms with van der Waals surface area (Å²) in [4.78, 5) is 10.9. The van der Waals surface area contributed by atoms with Crippen LogP contribution in [0.2, 0.25) is 0 Å². The Bertz CT molecular complexity index is 127. The van der Waals surface area contributed by atoms with Crippen molar-refractivity contribution in [3.8, 4) is 0 Å². The first-order valence-electron chi connectivity index (χ1n) is 4.14. The van der Waals surface area contributed by atoms with Gasteiger partial charge >= 0.3 is 5.97 Å². The fourth-order valence-electron chi connectivity index (χ4n) is 0.558. The van der Waals surface area contributed by atoms with E-state index < -0.39 is 11.5 Å². The molecule has 0 aliphatic heterocycles. The average molecular weight is 195 g/mol. The highest BCUT2D eigenvalue weighted by Crippen LogP contribution is 2.02. The van der Waals surface area contributed by atoms with Crippen LogP contribution in [0.4, 0.5) is 0 Å². The molecule has 0 bridgehead atoms. The number of carbonyl (C=O) groups excluding carboxylic acids is 1. The highest BCUT2D eigenvalue weighted by atomic mass is 35.5. The van der Waals surface area contributed by atoms with Gasteiger partial charge < -0.3 is 9.47 Å². The molecule has 0 aliphatic rings. The highest BCUT2D eigenvalue weighted by molar-refractivity contribution is 6.28. The molecule has 0 N–H and O–H groups in total. The predicted molar refractivity (Wildman–Crippen MR) is 47.1 cm³/mol. The van der Waals surface area contributed by atoms with Gasteiger partial charge in [-0.15, -0.1) is 0 Å². The highest BCUT2D eigenvalue weighted by Gasteiger charge is 2.15. The van der Waals surface area contributed by atoms with Crippen LogP contribution >= 0.6 is 11.6 Å². The lowest BCUT2D eigenvalue weighted by Crippen LogP contribution is -2.21. The molecule has 4 heteroatoms. The smallest absolute Gasteiger partial charge is 0.350 e. The van der Waals surface area contributed by atoms with Crippen LogP contribution in [0.25, 0.3) is 0 Å². The summed E-state index contributed by atoms with van der Waals surface area (Å²) < 4.78 is 9.69. The maximum Gasteiger partial charge on any atom is 0.350 e. The van der Waals surface area contributed by atoms with Gasteiger partial charge in [0.2, 0.25) is 5.56 Å². The molecular weight excluding hydrogens is 180 g/mol. The zero-order valence-corrected chi connectivity index (χ0v) is 8.26. The second-order valence-corrected chi connectivity index (χ2v) is 2.75. The van der Waals surface area contributed by atoms with Crippen LogP contribution in [0, 0.1) is 0 Å². The third-order valence-corrected chi connectivity index (χ3v) is 1.41. The van der Waals surface area contributed by atoms with Gasteiger partial charge in [-0.05, 0) is 12.8 Å². The van der Waals surface area contributed by atoms with Gasteiger partial charge in [-0.25, -0.2) is 4.79 Å². The van der Waals surface area contributed by atoms with Crippen LogP contribution in [0.3, 0.4) is 0 Å². The third kappa shape index (κ3) is 5.38. The molecule has 1 atom stereocenters. The van der Waals surface area contributed by atoms with Gasteiger partial charge in [-0.3, -0.25) is 0 Å². The molecule has 0 saturated heterocycles. The van der Waals surface area contributed by atoms with Crippen LogP contribution in [-0.4, -0.2) is 24.7 Å². The molecule has 0 aromatic rings. The van der Waals surface area contributed by atoms with Crippen LogP contribution < -0.4 is 0 Å². The summed E-state index contributed by atoms with van der Waals surface area (Å²) in [5.41, 5.74) is -0.948. The number of hydrogen-bond donors (Lipinski definition) is 0. The number of hydrogen-bond acceptors (Lipinski definition) is 3. The van der Waals surface area contributed by atoms with E-state index >= 15 is 0 Å². The summed E-state index contributed by atoms with van der Waals surface area (Å²) in [7, 11) is 0. The minimum Gasteiger partial charge on any atom is -0.463 e. The molecular formula is C8H15ClO3. The lowest BCUT2D eigenvalue weighted by atomic mass is 10.5. The van der Waals surface area contributed by atoms with Crippen LogP contribution in [-0.2, 0) is 14.3 Å². The molecule has 0 amide bonds. The summed E-state index contributed by atoms with van der Waals surface area (Å²) in [6.45, 7) is 4.75. The summed E-state index contributed by atoms with van der Waals surface area (Å²) >= 11 is 5.55. The van der Waals surface area contributed by atoms with Crippen molar-refractivity contribution in [1.82, 2.24) is 0 Å². The summed E-state index contributed by atoms with van der Waals surface area (Å²) in [5.74, 6) is -0.494. The number of rotatable bonds is 6. The van der Waals surface area contributed by atoms with Gasteiger partial charge in [0, 0.05) is 6.61 Å². The second kappa shape index (κ2) is 7.37. The van der Waals surface area contributed by atoms with Gasteiger partial charge in [0.25, 0.3) is 0 Å². The number of halogens is 1. The zero-order valence-electron chi connectivity index (χ0n) is 7.51. The normalized spacial score (nSPS) is 12.6. The Morgan fingerprint density at radius 3 is 2.42 bits per heavy atom. The Hall–Kier alpha value is -0.280. The first kappa shape index (κ1) is 11.7. The Morgan fingerprint density at radius 2 is 1.92 bits per heavy atom. The molecule has 0 heterocycles. The van der Waals surface area contributed by atoms with E-state index in [1.165, 1.54) is 0 Å². The van der Waals surface area contributed by atoms with Crippen molar-refractivity contribution >= 4 is 17.6 Å². The van der Waals surface area contributed by atoms with E-state index in [1.807, 2.05) is 13.8 Å². The molecule has 3 nitrogen and oxygen atoms in total. The van der Waals surface area contributed by atoms with E-state index in [2.05, 4.69) is 0 Å². The number of esters is 1. The van der Waals surface area contributed by atoms with Crippen molar-refractivity contribution in [2.24, 2.45) is 0 Å². The van der Waals surface area contributed by atoms with E-state index in [-0.39, 0.29) is 0 Å². The molecule has 0 radical (unpaired) electrons. The summed E-state index contributed by atoms with van der Waals surface area (Å²) in [6.07, 6.45) is 1.63. The van der Waals surface area contributed by atoms with Crippen LogP contribution in [0.15, 0.2) is 0 Å². The fraction of sp³-hybridized carbons (Fsp3) is 0.875. The SMILES string of the molecule is CCCOC(=O)[C@H](Cl)OCCC. The molecule has 0 spiro atoms.